The summed E-state index contributed by atoms with van der Waals surface area (Å²) in [6.45, 7) is 1.99. The fourth-order valence-electron chi connectivity index (χ4n) is 1.71. The van der Waals surface area contributed by atoms with Crippen molar-refractivity contribution in [2.24, 2.45) is 0 Å². The molecule has 4 nitrogen and oxygen atoms in total. The number of thiophene rings is 1. The highest BCUT2D eigenvalue weighted by Gasteiger charge is 2.11. The minimum Gasteiger partial charge on any atom is -0.387 e. The van der Waals surface area contributed by atoms with E-state index in [0.717, 1.165) is 15.3 Å². The Kier molecular flexibility index (Phi) is 3.74. The van der Waals surface area contributed by atoms with Crippen LogP contribution in [0.2, 0.25) is 0 Å². The van der Waals surface area contributed by atoms with Gasteiger partial charge in [0.1, 0.15) is 0 Å². The molecule has 0 fully saturated rings. The number of hydrogen-bond acceptors (Lipinski definition) is 4. The molecule has 2 rings (SSSR count). The molecule has 0 spiro atoms. The number of non-ortho nitro benzene ring substituents is 1. The van der Waals surface area contributed by atoms with Crippen molar-refractivity contribution in [3.63, 3.8) is 0 Å². The molecule has 1 heterocycles. The minimum absolute atomic E-state index is 0.0696. The molecule has 0 aliphatic carbocycles. The van der Waals surface area contributed by atoms with Gasteiger partial charge in [0.15, 0.2) is 0 Å². The molecule has 2 aromatic rings. The highest BCUT2D eigenvalue weighted by atomic mass is 32.1. The van der Waals surface area contributed by atoms with Gasteiger partial charge in [-0.25, -0.2) is 0 Å². The molecule has 1 aromatic heterocycles. The van der Waals surface area contributed by atoms with E-state index in [9.17, 15) is 15.2 Å². The smallest absolute Gasteiger partial charge is 0.269 e. The molecule has 0 aliphatic heterocycles. The first-order chi connectivity index (χ1) is 8.56. The molecule has 0 bridgehead atoms. The summed E-state index contributed by atoms with van der Waals surface area (Å²) in [5.41, 5.74) is 0.958. The van der Waals surface area contributed by atoms with E-state index >= 15 is 0 Å². The molecular weight excluding hydrogens is 250 g/mol. The molecule has 1 unspecified atom stereocenters. The number of nitro groups is 1. The Balaban J connectivity index is 2.07. The second-order valence-corrected chi connectivity index (χ2v) is 5.41. The summed E-state index contributed by atoms with van der Waals surface area (Å²) < 4.78 is 0. The van der Waals surface area contributed by atoms with Gasteiger partial charge in [0.25, 0.3) is 5.69 Å². The SMILES string of the molecule is Cc1ccc(C(O)Cc2ccc([N+](=O)[O-])cc2)s1. The molecule has 0 aliphatic rings. The number of nitro benzene ring substituents is 1. The average molecular weight is 263 g/mol. The topological polar surface area (TPSA) is 63.4 Å². The molecule has 1 N–H and O–H groups in total. The number of hydrogen-bond donors (Lipinski definition) is 1. The van der Waals surface area contributed by atoms with E-state index in [1.54, 1.807) is 23.5 Å². The van der Waals surface area contributed by atoms with Crippen molar-refractivity contribution >= 4 is 17.0 Å². The largest absolute Gasteiger partial charge is 0.387 e. The third-order valence-corrected chi connectivity index (χ3v) is 3.77. The summed E-state index contributed by atoms with van der Waals surface area (Å²) in [5, 5.41) is 20.6. The second kappa shape index (κ2) is 5.29. The van der Waals surface area contributed by atoms with Crippen LogP contribution in [-0.2, 0) is 6.42 Å². The van der Waals surface area contributed by atoms with Crippen LogP contribution in [0.1, 0.15) is 21.4 Å². The van der Waals surface area contributed by atoms with Crippen molar-refractivity contribution in [1.29, 1.82) is 0 Å². The first-order valence-electron chi connectivity index (χ1n) is 5.54. The molecule has 1 aromatic carbocycles. The van der Waals surface area contributed by atoms with Crippen LogP contribution in [0, 0.1) is 17.0 Å². The van der Waals surface area contributed by atoms with E-state index in [-0.39, 0.29) is 5.69 Å². The lowest BCUT2D eigenvalue weighted by Gasteiger charge is -2.08. The molecule has 94 valence electrons. The zero-order valence-electron chi connectivity index (χ0n) is 9.87. The molecule has 0 saturated carbocycles. The summed E-state index contributed by atoms with van der Waals surface area (Å²) in [4.78, 5) is 12.2. The summed E-state index contributed by atoms with van der Waals surface area (Å²) in [7, 11) is 0. The van der Waals surface area contributed by atoms with Crippen molar-refractivity contribution in [1.82, 2.24) is 0 Å². The van der Waals surface area contributed by atoms with E-state index in [0.29, 0.717) is 6.42 Å². The van der Waals surface area contributed by atoms with Gasteiger partial charge in [-0.1, -0.05) is 12.1 Å². The van der Waals surface area contributed by atoms with Gasteiger partial charge in [0, 0.05) is 28.3 Å². The Morgan fingerprint density at radius 1 is 1.28 bits per heavy atom. The van der Waals surface area contributed by atoms with Crippen LogP contribution in [0.3, 0.4) is 0 Å². The maximum atomic E-state index is 10.5. The summed E-state index contributed by atoms with van der Waals surface area (Å²) in [6.07, 6.45) is -0.0806. The summed E-state index contributed by atoms with van der Waals surface area (Å²) in [6, 6.07) is 10.2. The van der Waals surface area contributed by atoms with E-state index in [4.69, 9.17) is 0 Å². The van der Waals surface area contributed by atoms with E-state index in [1.165, 1.54) is 12.1 Å². The van der Waals surface area contributed by atoms with Crippen molar-refractivity contribution in [3.05, 3.63) is 61.8 Å². The number of aliphatic hydroxyl groups is 1. The summed E-state index contributed by atoms with van der Waals surface area (Å²) >= 11 is 1.56. The normalized spacial score (nSPS) is 12.3. The number of rotatable bonds is 4. The molecule has 0 amide bonds. The first-order valence-corrected chi connectivity index (χ1v) is 6.35. The molecular formula is C13H13NO3S. The van der Waals surface area contributed by atoms with Crippen LogP contribution in [0.4, 0.5) is 5.69 Å². The van der Waals surface area contributed by atoms with Gasteiger partial charge in [-0.3, -0.25) is 10.1 Å². The van der Waals surface area contributed by atoms with Gasteiger partial charge in [-0.05, 0) is 24.6 Å². The van der Waals surface area contributed by atoms with E-state index in [1.807, 2.05) is 19.1 Å². The quantitative estimate of drug-likeness (QED) is 0.680. The Morgan fingerprint density at radius 3 is 2.44 bits per heavy atom. The van der Waals surface area contributed by atoms with Gasteiger partial charge in [0.2, 0.25) is 0 Å². The number of benzene rings is 1. The Hall–Kier alpha value is -1.72. The lowest BCUT2D eigenvalue weighted by molar-refractivity contribution is -0.384. The van der Waals surface area contributed by atoms with Gasteiger partial charge >= 0.3 is 0 Å². The van der Waals surface area contributed by atoms with E-state index < -0.39 is 11.0 Å². The average Bonchev–Trinajstić information content (AvgIpc) is 2.76. The second-order valence-electron chi connectivity index (χ2n) is 4.09. The molecule has 0 saturated heterocycles. The van der Waals surface area contributed by atoms with Crippen molar-refractivity contribution < 1.29 is 10.0 Å². The number of aryl methyl sites for hydroxylation is 1. The Morgan fingerprint density at radius 2 is 1.94 bits per heavy atom. The third kappa shape index (κ3) is 2.94. The van der Waals surface area contributed by atoms with Crippen molar-refractivity contribution in [3.8, 4) is 0 Å². The Labute approximate surface area is 109 Å². The molecule has 18 heavy (non-hydrogen) atoms. The first kappa shape index (κ1) is 12.7. The van der Waals surface area contributed by atoms with Crippen LogP contribution in [0.5, 0.6) is 0 Å². The maximum absolute atomic E-state index is 10.5. The lowest BCUT2D eigenvalue weighted by atomic mass is 10.1. The van der Waals surface area contributed by atoms with Crippen LogP contribution in [0.15, 0.2) is 36.4 Å². The molecule has 1 atom stereocenters. The van der Waals surface area contributed by atoms with Crippen LogP contribution in [-0.4, -0.2) is 10.0 Å². The van der Waals surface area contributed by atoms with Gasteiger partial charge < -0.3 is 5.11 Å². The fourth-order valence-corrected chi connectivity index (χ4v) is 2.57. The minimum atomic E-state index is -0.551. The van der Waals surface area contributed by atoms with E-state index in [2.05, 4.69) is 0 Å². The maximum Gasteiger partial charge on any atom is 0.269 e. The van der Waals surface area contributed by atoms with Crippen LogP contribution in [0.25, 0.3) is 0 Å². The van der Waals surface area contributed by atoms with Gasteiger partial charge in [-0.2, -0.15) is 0 Å². The number of aliphatic hydroxyl groups excluding tert-OH is 1. The zero-order valence-corrected chi connectivity index (χ0v) is 10.7. The summed E-state index contributed by atoms with van der Waals surface area (Å²) in [5.74, 6) is 0. The van der Waals surface area contributed by atoms with Gasteiger partial charge in [-0.15, -0.1) is 11.3 Å². The highest BCUT2D eigenvalue weighted by Crippen LogP contribution is 2.26. The van der Waals surface area contributed by atoms with Crippen molar-refractivity contribution in [2.45, 2.75) is 19.4 Å². The zero-order chi connectivity index (χ0) is 13.1. The Bertz CT molecular complexity index is 548. The lowest BCUT2D eigenvalue weighted by Crippen LogP contribution is -1.99. The fraction of sp³-hybridized carbons (Fsp3) is 0.231. The standard InChI is InChI=1S/C13H13NO3S/c1-9-2-7-13(18-9)12(15)8-10-3-5-11(6-4-10)14(16)17/h2-7,12,15H,8H2,1H3. The van der Waals surface area contributed by atoms with Gasteiger partial charge in [0.05, 0.1) is 11.0 Å². The monoisotopic (exact) mass is 263 g/mol. The third-order valence-electron chi connectivity index (χ3n) is 2.67. The molecule has 5 heteroatoms. The van der Waals surface area contributed by atoms with Crippen molar-refractivity contribution in [2.75, 3.05) is 0 Å². The highest BCUT2D eigenvalue weighted by molar-refractivity contribution is 7.12. The number of nitrogens with zero attached hydrogens (tertiary/aromatic N) is 1. The predicted molar refractivity (Wildman–Crippen MR) is 70.8 cm³/mol. The van der Waals surface area contributed by atoms with Crippen LogP contribution >= 0.6 is 11.3 Å². The predicted octanol–water partition coefficient (Wildman–Crippen LogP) is 3.24. The van der Waals surface area contributed by atoms with Crippen LogP contribution < -0.4 is 0 Å². The molecule has 0 radical (unpaired) electrons.